The fraction of sp³-hybridized carbons (Fsp3) is 0.647. The predicted molar refractivity (Wildman–Crippen MR) is 75.3 cm³/mol. The van der Waals surface area contributed by atoms with E-state index >= 15 is 0 Å². The average molecular weight is 248 g/mol. The highest BCUT2D eigenvalue weighted by atomic mass is 19.1. The lowest BCUT2D eigenvalue weighted by Gasteiger charge is -2.21. The van der Waals surface area contributed by atoms with Gasteiger partial charge in [-0.3, -0.25) is 0 Å². The molecular formula is C17H25F. The fourth-order valence-electron chi connectivity index (χ4n) is 3.13. The van der Waals surface area contributed by atoms with E-state index < -0.39 is 0 Å². The lowest BCUT2D eigenvalue weighted by molar-refractivity contribution is 0.332. The highest BCUT2D eigenvalue weighted by Crippen LogP contribution is 2.27. The molecule has 0 radical (unpaired) electrons. The summed E-state index contributed by atoms with van der Waals surface area (Å²) in [5, 5.41) is 0. The van der Waals surface area contributed by atoms with Gasteiger partial charge < -0.3 is 0 Å². The smallest absolute Gasteiger partial charge is 0.126 e. The summed E-state index contributed by atoms with van der Waals surface area (Å²) >= 11 is 0. The van der Waals surface area contributed by atoms with Crippen LogP contribution in [0.1, 0.15) is 63.0 Å². The van der Waals surface area contributed by atoms with E-state index in [0.717, 1.165) is 24.3 Å². The first-order valence-electron chi connectivity index (χ1n) is 7.57. The Bertz CT molecular complexity index is 364. The lowest BCUT2D eigenvalue weighted by Crippen LogP contribution is -2.06. The second-order valence-corrected chi connectivity index (χ2v) is 5.68. The van der Waals surface area contributed by atoms with E-state index in [1.807, 2.05) is 13.0 Å². The highest BCUT2D eigenvalue weighted by Gasteiger charge is 2.12. The number of benzene rings is 1. The third-order valence-electron chi connectivity index (χ3n) is 4.29. The number of hydrogen-bond donors (Lipinski definition) is 0. The Morgan fingerprint density at radius 3 is 2.67 bits per heavy atom. The summed E-state index contributed by atoms with van der Waals surface area (Å²) in [5.41, 5.74) is 2.18. The molecule has 0 spiro atoms. The molecule has 1 aliphatic rings. The minimum atomic E-state index is -0.0477. The summed E-state index contributed by atoms with van der Waals surface area (Å²) in [5.74, 6) is 0.915. The largest absolute Gasteiger partial charge is 0.207 e. The van der Waals surface area contributed by atoms with Gasteiger partial charge in [-0.05, 0) is 42.4 Å². The molecule has 0 amide bonds. The molecule has 0 heterocycles. The first-order chi connectivity index (χ1) is 8.79. The molecule has 1 heteroatoms. The zero-order valence-electron chi connectivity index (χ0n) is 11.6. The van der Waals surface area contributed by atoms with Gasteiger partial charge in [0, 0.05) is 0 Å². The second kappa shape index (κ2) is 6.92. The van der Waals surface area contributed by atoms with E-state index in [0.29, 0.717) is 0 Å². The van der Waals surface area contributed by atoms with E-state index in [1.165, 1.54) is 50.5 Å². The fourth-order valence-corrected chi connectivity index (χ4v) is 3.13. The molecule has 1 aromatic rings. The Kier molecular flexibility index (Phi) is 5.22. The van der Waals surface area contributed by atoms with Crippen molar-refractivity contribution in [3.63, 3.8) is 0 Å². The standard InChI is InChI=1S/C17H25F/c1-2-16-13-15(11-12-17(16)18)10-6-9-14-7-4-3-5-8-14/h11-14H,2-10H2,1H3. The minimum Gasteiger partial charge on any atom is -0.207 e. The Balaban J connectivity index is 1.79. The van der Waals surface area contributed by atoms with Gasteiger partial charge >= 0.3 is 0 Å². The van der Waals surface area contributed by atoms with Crippen LogP contribution < -0.4 is 0 Å². The van der Waals surface area contributed by atoms with E-state index in [1.54, 1.807) is 6.07 Å². The Hall–Kier alpha value is -0.850. The van der Waals surface area contributed by atoms with Crippen molar-refractivity contribution in [2.45, 2.75) is 64.7 Å². The van der Waals surface area contributed by atoms with Crippen LogP contribution in [0.4, 0.5) is 4.39 Å². The van der Waals surface area contributed by atoms with Crippen LogP contribution in [0.2, 0.25) is 0 Å². The molecular weight excluding hydrogens is 223 g/mol. The van der Waals surface area contributed by atoms with Crippen LogP contribution in [0.3, 0.4) is 0 Å². The summed E-state index contributed by atoms with van der Waals surface area (Å²) in [6.45, 7) is 2.02. The topological polar surface area (TPSA) is 0 Å². The maximum absolute atomic E-state index is 13.4. The molecule has 0 bridgehead atoms. The van der Waals surface area contributed by atoms with Crippen molar-refractivity contribution in [1.82, 2.24) is 0 Å². The number of halogens is 1. The van der Waals surface area contributed by atoms with Gasteiger partial charge in [-0.1, -0.05) is 57.6 Å². The molecule has 18 heavy (non-hydrogen) atoms. The quantitative estimate of drug-likeness (QED) is 0.664. The third-order valence-corrected chi connectivity index (χ3v) is 4.29. The van der Waals surface area contributed by atoms with Crippen molar-refractivity contribution in [3.05, 3.63) is 35.1 Å². The van der Waals surface area contributed by atoms with Crippen molar-refractivity contribution >= 4 is 0 Å². The molecule has 1 aromatic carbocycles. The normalized spacial score (nSPS) is 17.0. The monoisotopic (exact) mass is 248 g/mol. The van der Waals surface area contributed by atoms with Crippen molar-refractivity contribution in [1.29, 1.82) is 0 Å². The van der Waals surface area contributed by atoms with Gasteiger partial charge in [0.25, 0.3) is 0 Å². The maximum atomic E-state index is 13.4. The number of aryl methyl sites for hydroxylation is 2. The van der Waals surface area contributed by atoms with Crippen LogP contribution in [-0.2, 0) is 12.8 Å². The zero-order valence-corrected chi connectivity index (χ0v) is 11.6. The Morgan fingerprint density at radius 2 is 1.94 bits per heavy atom. The zero-order chi connectivity index (χ0) is 12.8. The molecule has 1 aliphatic carbocycles. The van der Waals surface area contributed by atoms with Crippen LogP contribution in [-0.4, -0.2) is 0 Å². The predicted octanol–water partition coefficient (Wildman–Crippen LogP) is 5.29. The van der Waals surface area contributed by atoms with E-state index in [2.05, 4.69) is 6.07 Å². The van der Waals surface area contributed by atoms with Crippen LogP contribution in [0, 0.1) is 11.7 Å². The van der Waals surface area contributed by atoms with E-state index in [9.17, 15) is 4.39 Å². The summed E-state index contributed by atoms with van der Waals surface area (Å²) in [6, 6.07) is 5.64. The summed E-state index contributed by atoms with van der Waals surface area (Å²) in [6.07, 6.45) is 11.7. The van der Waals surface area contributed by atoms with Gasteiger partial charge in [0.05, 0.1) is 0 Å². The van der Waals surface area contributed by atoms with Gasteiger partial charge in [-0.25, -0.2) is 4.39 Å². The van der Waals surface area contributed by atoms with Gasteiger partial charge in [0.15, 0.2) is 0 Å². The molecule has 0 nitrogen and oxygen atoms in total. The van der Waals surface area contributed by atoms with Crippen molar-refractivity contribution in [2.24, 2.45) is 5.92 Å². The van der Waals surface area contributed by atoms with Gasteiger partial charge in [-0.15, -0.1) is 0 Å². The van der Waals surface area contributed by atoms with Gasteiger partial charge in [0.2, 0.25) is 0 Å². The number of hydrogen-bond acceptors (Lipinski definition) is 0. The first kappa shape index (κ1) is 13.6. The molecule has 1 saturated carbocycles. The molecule has 0 N–H and O–H groups in total. The van der Waals surface area contributed by atoms with Gasteiger partial charge in [-0.2, -0.15) is 0 Å². The van der Waals surface area contributed by atoms with E-state index in [4.69, 9.17) is 0 Å². The van der Waals surface area contributed by atoms with Crippen LogP contribution >= 0.6 is 0 Å². The summed E-state index contributed by atoms with van der Waals surface area (Å²) < 4.78 is 13.4. The third kappa shape index (κ3) is 3.83. The van der Waals surface area contributed by atoms with Crippen molar-refractivity contribution in [2.75, 3.05) is 0 Å². The van der Waals surface area contributed by atoms with Gasteiger partial charge in [0.1, 0.15) is 5.82 Å². The van der Waals surface area contributed by atoms with Crippen LogP contribution in [0.25, 0.3) is 0 Å². The molecule has 1 fully saturated rings. The van der Waals surface area contributed by atoms with Crippen LogP contribution in [0.15, 0.2) is 18.2 Å². The molecule has 0 unspecified atom stereocenters. The minimum absolute atomic E-state index is 0.0477. The summed E-state index contributed by atoms with van der Waals surface area (Å²) in [7, 11) is 0. The molecule has 0 atom stereocenters. The average Bonchev–Trinajstić information content (AvgIpc) is 2.42. The Morgan fingerprint density at radius 1 is 1.17 bits per heavy atom. The van der Waals surface area contributed by atoms with Crippen molar-refractivity contribution in [3.8, 4) is 0 Å². The van der Waals surface area contributed by atoms with E-state index in [-0.39, 0.29) is 5.82 Å². The summed E-state index contributed by atoms with van der Waals surface area (Å²) in [4.78, 5) is 0. The van der Waals surface area contributed by atoms with Crippen LogP contribution in [0.5, 0.6) is 0 Å². The maximum Gasteiger partial charge on any atom is 0.126 e. The number of rotatable bonds is 5. The second-order valence-electron chi connectivity index (χ2n) is 5.68. The molecule has 100 valence electrons. The molecule has 0 saturated heterocycles. The molecule has 0 aromatic heterocycles. The van der Waals surface area contributed by atoms with Crippen molar-refractivity contribution < 1.29 is 4.39 Å². The Labute approximate surface area is 111 Å². The SMILES string of the molecule is CCc1cc(CCCC2CCCCC2)ccc1F. The molecule has 2 rings (SSSR count). The molecule has 0 aliphatic heterocycles. The lowest BCUT2D eigenvalue weighted by atomic mass is 9.85. The first-order valence-corrected chi connectivity index (χ1v) is 7.57. The highest BCUT2D eigenvalue weighted by molar-refractivity contribution is 5.25.